The van der Waals surface area contributed by atoms with E-state index in [0.717, 1.165) is 77.0 Å². The molecule has 3 atom stereocenters. The quantitative estimate of drug-likeness (QED) is 0.0205. The minimum atomic E-state index is -4.47. The van der Waals surface area contributed by atoms with Gasteiger partial charge in [0, 0.05) is 12.8 Å². The Morgan fingerprint density at radius 2 is 0.747 bits per heavy atom. The van der Waals surface area contributed by atoms with Crippen molar-refractivity contribution in [1.29, 1.82) is 0 Å². The van der Waals surface area contributed by atoms with E-state index in [0.29, 0.717) is 23.9 Å². The number of nitrogens with zero attached hydrogens (tertiary/aromatic N) is 1. The molecule has 0 rings (SSSR count). The van der Waals surface area contributed by atoms with Gasteiger partial charge in [0.05, 0.1) is 33.8 Å². The molecule has 0 aliphatic carbocycles. The predicted molar refractivity (Wildman–Crippen MR) is 360 cm³/mol. The van der Waals surface area contributed by atoms with Gasteiger partial charge in [-0.2, -0.15) is 0 Å². The Morgan fingerprint density at radius 3 is 1.14 bits per heavy atom. The maximum atomic E-state index is 13.6. The van der Waals surface area contributed by atoms with Gasteiger partial charge in [0.2, 0.25) is 5.91 Å². The van der Waals surface area contributed by atoms with Crippen molar-refractivity contribution in [3.8, 4) is 0 Å². The predicted octanol–water partition coefficient (Wildman–Crippen LogP) is 21.9. The molecule has 0 saturated heterocycles. The monoisotopic (exact) mass is 1180 g/mol. The molecule has 0 aliphatic heterocycles. The van der Waals surface area contributed by atoms with Crippen LogP contribution in [0.2, 0.25) is 0 Å². The number of rotatable bonds is 62. The highest BCUT2D eigenvalue weighted by Gasteiger charge is 2.30. The zero-order valence-electron chi connectivity index (χ0n) is 54.9. The Bertz CT molecular complexity index is 1740. The number of esters is 1. The van der Waals surface area contributed by atoms with Gasteiger partial charge in [0.25, 0.3) is 0 Å². The van der Waals surface area contributed by atoms with E-state index in [1.165, 1.54) is 186 Å². The van der Waals surface area contributed by atoms with Gasteiger partial charge in [-0.1, -0.05) is 279 Å². The van der Waals surface area contributed by atoms with E-state index < -0.39 is 20.0 Å². The molecule has 1 amide bonds. The van der Waals surface area contributed by atoms with Crippen LogP contribution in [0.3, 0.4) is 0 Å². The highest BCUT2D eigenvalue weighted by molar-refractivity contribution is 7.47. The molecule has 0 aliphatic rings. The Morgan fingerprint density at radius 1 is 0.422 bits per heavy atom. The Hall–Kier alpha value is -3.07. The average Bonchev–Trinajstić information content (AvgIpc) is 3.47. The molecular formula is C73H132N2O7P+. The number of hydrogen-bond acceptors (Lipinski definition) is 6. The van der Waals surface area contributed by atoms with E-state index in [4.69, 9.17) is 13.8 Å². The van der Waals surface area contributed by atoms with Crippen LogP contribution in [-0.4, -0.2) is 74.3 Å². The minimum absolute atomic E-state index is 0.0286. The minimum Gasteiger partial charge on any atom is -0.456 e. The van der Waals surface area contributed by atoms with Crippen LogP contribution in [0.15, 0.2) is 97.2 Å². The van der Waals surface area contributed by atoms with Crippen LogP contribution in [0.5, 0.6) is 0 Å². The fraction of sp³-hybridized carbons (Fsp3) is 0.753. The summed E-state index contributed by atoms with van der Waals surface area (Å²) < 4.78 is 30.7. The lowest BCUT2D eigenvalue weighted by Gasteiger charge is -2.27. The molecule has 0 aromatic carbocycles. The summed E-state index contributed by atoms with van der Waals surface area (Å²) in [7, 11) is 1.46. The lowest BCUT2D eigenvalue weighted by Crippen LogP contribution is -2.47. The van der Waals surface area contributed by atoms with Crippen molar-refractivity contribution in [3.05, 3.63) is 97.2 Å². The highest BCUT2D eigenvalue weighted by atomic mass is 31.2. The van der Waals surface area contributed by atoms with Crippen molar-refractivity contribution in [1.82, 2.24) is 5.32 Å². The molecule has 0 heterocycles. The van der Waals surface area contributed by atoms with Crippen LogP contribution in [0.4, 0.5) is 0 Å². The van der Waals surface area contributed by atoms with Crippen molar-refractivity contribution in [2.45, 2.75) is 315 Å². The van der Waals surface area contributed by atoms with Gasteiger partial charge in [-0.3, -0.25) is 18.6 Å². The fourth-order valence-corrected chi connectivity index (χ4v) is 10.4. The van der Waals surface area contributed by atoms with Gasteiger partial charge in [0.15, 0.2) is 0 Å². The summed E-state index contributed by atoms with van der Waals surface area (Å²) in [4.78, 5) is 37.8. The van der Waals surface area contributed by atoms with Gasteiger partial charge in [-0.25, -0.2) is 4.57 Å². The topological polar surface area (TPSA) is 111 Å². The number of phosphoric ester groups is 1. The van der Waals surface area contributed by atoms with Crippen LogP contribution in [0.1, 0.15) is 303 Å². The molecule has 0 radical (unpaired) electrons. The van der Waals surface area contributed by atoms with Crippen molar-refractivity contribution in [2.24, 2.45) is 0 Å². The van der Waals surface area contributed by atoms with Gasteiger partial charge in [0.1, 0.15) is 19.3 Å². The standard InChI is InChI=1S/C73H131N2O7P/c1-7-10-13-16-19-22-25-28-30-32-33-34-35-36-37-38-39-40-41-43-44-47-50-53-56-59-62-65-72(76)74-70(69-81-83(78,79)80-68-67-75(4,5)6)71(64-61-58-55-52-49-46-27-24-21-18-15-12-9-3)82-73(77)66-63-60-57-54-51-48-45-42-31-29-26-23-20-17-14-11-8-2/h19-20,22-23,28-31,33-34,45,48,54,57,61,64,70-71H,7-18,21,24-27,32,35-44,46-47,49-53,55-56,58-60,62-63,65-69H2,1-6H3,(H-,74,76,78,79)/p+1/b22-19-,23-20-,30-28-,31-29-,34-33-,48-45-,57-54-,64-61-. The molecule has 0 bridgehead atoms. The third-order valence-corrected chi connectivity index (χ3v) is 16.0. The maximum Gasteiger partial charge on any atom is 0.472 e. The van der Waals surface area contributed by atoms with Gasteiger partial charge in [-0.05, 0) is 109 Å². The third-order valence-electron chi connectivity index (χ3n) is 15.0. The van der Waals surface area contributed by atoms with E-state index in [1.807, 2.05) is 33.3 Å². The summed E-state index contributed by atoms with van der Waals surface area (Å²) in [6, 6.07) is -0.876. The zero-order chi connectivity index (χ0) is 60.7. The van der Waals surface area contributed by atoms with Gasteiger partial charge in [-0.15, -0.1) is 0 Å². The SMILES string of the molecule is CCCCC/C=C\C/C=C\C/C=C\C/C=C\CCCC(=O)OC(/C=C\CCCCCCCCCCCCC)C(COP(=O)(O)OCC[N+](C)(C)C)NC(=O)CCCCCCCCCCCCCCCC/C=C\C/C=C\C/C=C\CCCCC. The number of ether oxygens (including phenoxy) is 1. The lowest BCUT2D eigenvalue weighted by atomic mass is 10.0. The van der Waals surface area contributed by atoms with Crippen LogP contribution in [0, 0.1) is 0 Å². The summed E-state index contributed by atoms with van der Waals surface area (Å²) >= 11 is 0. The van der Waals surface area contributed by atoms with Crippen LogP contribution in [0.25, 0.3) is 0 Å². The number of nitrogens with one attached hydrogen (secondary N) is 1. The second kappa shape index (κ2) is 62.0. The number of phosphoric acid groups is 1. The third kappa shape index (κ3) is 63.3. The first-order chi connectivity index (χ1) is 40.4. The molecule has 9 nitrogen and oxygen atoms in total. The first-order valence-electron chi connectivity index (χ1n) is 34.6. The Labute approximate surface area is 513 Å². The smallest absolute Gasteiger partial charge is 0.456 e. The number of unbranched alkanes of at least 4 members (excludes halogenated alkanes) is 32. The molecule has 0 spiro atoms. The summed E-state index contributed by atoms with van der Waals surface area (Å²) in [5.41, 5.74) is 0. The lowest BCUT2D eigenvalue weighted by molar-refractivity contribution is -0.870. The molecule has 2 N–H and O–H groups in total. The van der Waals surface area contributed by atoms with E-state index >= 15 is 0 Å². The molecule has 480 valence electrons. The first kappa shape index (κ1) is 79.9. The molecule has 3 unspecified atom stereocenters. The number of likely N-dealkylation sites (N-methyl/N-ethyl adjacent to an activating group) is 1. The normalized spacial score (nSPS) is 14.2. The van der Waals surface area contributed by atoms with Crippen molar-refractivity contribution in [2.75, 3.05) is 40.9 Å². The number of carbonyl (C=O) groups excluding carboxylic acids is 2. The highest BCUT2D eigenvalue weighted by Crippen LogP contribution is 2.43. The summed E-state index contributed by atoms with van der Waals surface area (Å²) in [5.74, 6) is -0.568. The molecule has 0 aromatic heterocycles. The van der Waals surface area contributed by atoms with E-state index in [9.17, 15) is 19.0 Å². The molecule has 0 saturated carbocycles. The van der Waals surface area contributed by atoms with E-state index in [1.54, 1.807) is 0 Å². The zero-order valence-corrected chi connectivity index (χ0v) is 55.8. The molecular weight excluding hydrogens is 1050 g/mol. The number of quaternary nitrogens is 1. The molecule has 10 heteroatoms. The number of allylic oxidation sites excluding steroid dienone is 15. The van der Waals surface area contributed by atoms with Crippen molar-refractivity contribution < 1.29 is 37.3 Å². The second-order valence-corrected chi connectivity index (χ2v) is 25.8. The Balaban J connectivity index is 5.14. The maximum absolute atomic E-state index is 13.6. The van der Waals surface area contributed by atoms with Gasteiger partial charge < -0.3 is 19.4 Å². The van der Waals surface area contributed by atoms with Crippen molar-refractivity contribution in [3.63, 3.8) is 0 Å². The summed E-state index contributed by atoms with van der Waals surface area (Å²) in [5, 5.41) is 3.05. The number of amides is 1. The number of hydrogen-bond donors (Lipinski definition) is 2. The van der Waals surface area contributed by atoms with E-state index in [-0.39, 0.29) is 31.5 Å². The Kier molecular flexibility index (Phi) is 59.7. The molecule has 0 aromatic rings. The number of carbonyl (C=O) groups is 2. The van der Waals surface area contributed by atoms with Crippen LogP contribution >= 0.6 is 7.82 Å². The molecule has 83 heavy (non-hydrogen) atoms. The fourth-order valence-electron chi connectivity index (χ4n) is 9.65. The van der Waals surface area contributed by atoms with Crippen LogP contribution in [-0.2, 0) is 27.9 Å². The average molecular weight is 1180 g/mol. The first-order valence-corrected chi connectivity index (χ1v) is 36.1. The van der Waals surface area contributed by atoms with E-state index in [2.05, 4.69) is 111 Å². The second-order valence-electron chi connectivity index (χ2n) is 24.3. The largest absolute Gasteiger partial charge is 0.472 e. The summed E-state index contributed by atoms with van der Waals surface area (Å²) in [6.07, 6.45) is 84.2. The summed E-state index contributed by atoms with van der Waals surface area (Å²) in [6.45, 7) is 6.94. The molecule has 0 fully saturated rings. The van der Waals surface area contributed by atoms with Crippen molar-refractivity contribution >= 4 is 19.7 Å². The van der Waals surface area contributed by atoms with Crippen LogP contribution < -0.4 is 5.32 Å². The van der Waals surface area contributed by atoms with Gasteiger partial charge >= 0.3 is 13.8 Å².